The van der Waals surface area contributed by atoms with Crippen molar-refractivity contribution >= 4 is 22.6 Å². The van der Waals surface area contributed by atoms with Crippen molar-refractivity contribution in [3.8, 4) is 5.75 Å². The molecule has 0 aliphatic carbocycles. The van der Waals surface area contributed by atoms with Crippen LogP contribution in [-0.2, 0) is 19.0 Å². The van der Waals surface area contributed by atoms with E-state index < -0.39 is 80.2 Å². The second-order valence-electron chi connectivity index (χ2n) is 9.65. The predicted octanol–water partition coefficient (Wildman–Crippen LogP) is -1.51. The van der Waals surface area contributed by atoms with E-state index in [2.05, 4.69) is 0 Å². The van der Waals surface area contributed by atoms with Crippen LogP contribution in [0.2, 0.25) is 0 Å². The predicted molar refractivity (Wildman–Crippen MR) is 136 cm³/mol. The van der Waals surface area contributed by atoms with Crippen molar-refractivity contribution in [3.05, 3.63) is 48.0 Å². The van der Waals surface area contributed by atoms with Gasteiger partial charge < -0.3 is 54.7 Å². The zero-order chi connectivity index (χ0) is 28.3. The maximum absolute atomic E-state index is 12.7. The quantitative estimate of drug-likeness (QED) is 0.179. The van der Waals surface area contributed by atoms with E-state index in [9.17, 15) is 40.5 Å². The lowest BCUT2D eigenvalue weighted by atomic mass is 9.92. The summed E-state index contributed by atoms with van der Waals surface area (Å²) in [4.78, 5) is 12.7. The van der Waals surface area contributed by atoms with Gasteiger partial charge in [0.05, 0.1) is 26.4 Å². The van der Waals surface area contributed by atoms with Crippen LogP contribution in [0.5, 0.6) is 5.75 Å². The minimum atomic E-state index is -1.76. The molecule has 12 heteroatoms. The number of carbonyl (C=O) groups is 1. The number of fused-ring (bicyclic) bond motifs is 1. The Bertz CT molecular complexity index is 1150. The van der Waals surface area contributed by atoms with Gasteiger partial charge in [0.2, 0.25) is 0 Å². The van der Waals surface area contributed by atoms with Crippen LogP contribution in [0, 0.1) is 0 Å². The molecule has 214 valence electrons. The van der Waals surface area contributed by atoms with Crippen LogP contribution in [0.15, 0.2) is 42.5 Å². The van der Waals surface area contributed by atoms with E-state index in [4.69, 9.17) is 18.9 Å². The third-order valence-corrected chi connectivity index (χ3v) is 7.04. The molecule has 2 aliphatic heterocycles. The molecule has 12 nitrogen and oxygen atoms in total. The van der Waals surface area contributed by atoms with Crippen LogP contribution >= 0.6 is 0 Å². The Balaban J connectivity index is 1.39. The zero-order valence-electron chi connectivity index (χ0n) is 21.2. The number of rotatable bonds is 9. The van der Waals surface area contributed by atoms with Crippen molar-refractivity contribution in [1.29, 1.82) is 0 Å². The van der Waals surface area contributed by atoms with E-state index >= 15 is 0 Å². The van der Waals surface area contributed by atoms with E-state index in [-0.39, 0.29) is 6.42 Å². The van der Waals surface area contributed by atoms with Crippen LogP contribution in [-0.4, -0.2) is 123 Å². The number of benzene rings is 2. The molecule has 0 bridgehead atoms. The first-order valence-corrected chi connectivity index (χ1v) is 12.5. The minimum absolute atomic E-state index is 0.303. The molecular weight excluding hydrogens is 516 g/mol. The summed E-state index contributed by atoms with van der Waals surface area (Å²) in [5.41, 5.74) is 0.771. The monoisotopic (exact) mass is 550 g/mol. The average molecular weight is 551 g/mol. The van der Waals surface area contributed by atoms with Gasteiger partial charge in [0.25, 0.3) is 0 Å². The van der Waals surface area contributed by atoms with Gasteiger partial charge >= 0.3 is 0 Å². The first kappa shape index (κ1) is 29.5. The third-order valence-electron chi connectivity index (χ3n) is 7.04. The molecule has 0 radical (unpaired) electrons. The van der Waals surface area contributed by atoms with Gasteiger partial charge in [-0.15, -0.1) is 0 Å². The van der Waals surface area contributed by atoms with Gasteiger partial charge in [0.1, 0.15) is 54.6 Å². The summed E-state index contributed by atoms with van der Waals surface area (Å²) >= 11 is 0. The lowest BCUT2D eigenvalue weighted by Crippen LogP contribution is -2.64. The molecule has 39 heavy (non-hydrogen) atoms. The van der Waals surface area contributed by atoms with Crippen LogP contribution < -0.4 is 4.74 Å². The van der Waals surface area contributed by atoms with Gasteiger partial charge in [-0.3, -0.25) is 4.79 Å². The largest absolute Gasteiger partial charge is 0.497 e. The minimum Gasteiger partial charge on any atom is -0.497 e. The number of ketones is 1. The molecule has 2 aromatic rings. The smallest absolute Gasteiger partial charge is 0.187 e. The number of hydrogen-bond acceptors (Lipinski definition) is 12. The van der Waals surface area contributed by atoms with Crippen molar-refractivity contribution in [2.75, 3.05) is 20.3 Å². The number of aliphatic hydroxyl groups is 7. The summed E-state index contributed by atoms with van der Waals surface area (Å²) in [5, 5.41) is 72.6. The van der Waals surface area contributed by atoms with Gasteiger partial charge in [-0.25, -0.2) is 0 Å². The Morgan fingerprint density at radius 2 is 1.49 bits per heavy atom. The van der Waals surface area contributed by atoms with Crippen LogP contribution in [0.1, 0.15) is 12.0 Å². The summed E-state index contributed by atoms with van der Waals surface area (Å²) in [6.07, 6.45) is -12.4. The molecule has 4 unspecified atom stereocenters. The van der Waals surface area contributed by atoms with Gasteiger partial charge in [-0.1, -0.05) is 24.3 Å². The Kier molecular flexibility index (Phi) is 9.67. The lowest BCUT2D eigenvalue weighted by Gasteiger charge is -2.46. The molecule has 2 aliphatic rings. The van der Waals surface area contributed by atoms with Crippen molar-refractivity contribution < 1.29 is 59.5 Å². The summed E-state index contributed by atoms with van der Waals surface area (Å²) < 4.78 is 21.7. The maximum atomic E-state index is 12.7. The van der Waals surface area contributed by atoms with E-state index in [1.54, 1.807) is 13.2 Å². The van der Waals surface area contributed by atoms with E-state index in [1.807, 2.05) is 36.4 Å². The molecule has 0 saturated carbocycles. The molecule has 0 amide bonds. The van der Waals surface area contributed by atoms with Crippen molar-refractivity contribution in [2.45, 2.75) is 67.6 Å². The number of hydrogen-bond donors (Lipinski definition) is 7. The number of ether oxygens (including phenoxy) is 4. The molecule has 2 aromatic carbocycles. The van der Waals surface area contributed by atoms with Gasteiger partial charge in [-0.2, -0.15) is 0 Å². The number of carbonyl (C=O) groups excluding carboxylic acids is 1. The SMILES string of the molecule is COc1ccc2cc(/C=C/C(=O)C[C@@H]3OC(CO)[C@@H](O[C@H]4OC(CO)[C@@H](O)[C@H](O)C4O)[C@H](O)C3O)ccc2c1. The summed E-state index contributed by atoms with van der Waals surface area (Å²) in [6.45, 7) is -1.36. The maximum Gasteiger partial charge on any atom is 0.187 e. The standard InChI is InChI=1S/C27H34O12/c1-36-17-7-5-14-8-13(2-4-15(14)9-17)3-6-16(30)10-18-21(31)24(34)26(20(12-29)37-18)39-27-25(35)23(33)22(32)19(11-28)38-27/h2-9,18-29,31-35H,10-12H2,1H3/b6-3+/t18-,19?,20?,21?,22+,23-,24+,25?,26+,27+/m0/s1. The fourth-order valence-corrected chi connectivity index (χ4v) is 4.76. The summed E-state index contributed by atoms with van der Waals surface area (Å²) in [7, 11) is 1.59. The molecule has 2 saturated heterocycles. The third kappa shape index (κ3) is 6.47. The van der Waals surface area contributed by atoms with E-state index in [1.165, 1.54) is 6.08 Å². The molecule has 10 atom stereocenters. The molecule has 0 aromatic heterocycles. The van der Waals surface area contributed by atoms with E-state index in [0.717, 1.165) is 22.1 Å². The molecule has 4 rings (SSSR count). The highest BCUT2D eigenvalue weighted by atomic mass is 16.7. The molecule has 0 spiro atoms. The highest BCUT2D eigenvalue weighted by molar-refractivity contribution is 5.95. The molecule has 2 fully saturated rings. The van der Waals surface area contributed by atoms with Gasteiger partial charge in [-0.05, 0) is 40.6 Å². The van der Waals surface area contributed by atoms with Crippen LogP contribution in [0.25, 0.3) is 16.8 Å². The highest BCUT2D eigenvalue weighted by Crippen LogP contribution is 2.30. The molecule has 2 heterocycles. The fourth-order valence-electron chi connectivity index (χ4n) is 4.76. The Morgan fingerprint density at radius 3 is 2.18 bits per heavy atom. The first-order valence-electron chi connectivity index (χ1n) is 12.5. The first-order chi connectivity index (χ1) is 18.7. The van der Waals surface area contributed by atoms with Crippen molar-refractivity contribution in [2.24, 2.45) is 0 Å². The van der Waals surface area contributed by atoms with Crippen molar-refractivity contribution in [3.63, 3.8) is 0 Å². The molecule has 7 N–H and O–H groups in total. The highest BCUT2D eigenvalue weighted by Gasteiger charge is 2.50. The number of methoxy groups -OCH3 is 1. The fraction of sp³-hybridized carbons (Fsp3) is 0.519. The topological polar surface area (TPSA) is 196 Å². The van der Waals surface area contributed by atoms with Crippen LogP contribution in [0.4, 0.5) is 0 Å². The van der Waals surface area contributed by atoms with E-state index in [0.29, 0.717) is 0 Å². The Morgan fingerprint density at radius 1 is 0.821 bits per heavy atom. The second kappa shape index (κ2) is 12.8. The van der Waals surface area contributed by atoms with Crippen LogP contribution in [0.3, 0.4) is 0 Å². The number of allylic oxidation sites excluding steroid dienone is 1. The summed E-state index contributed by atoms with van der Waals surface area (Å²) in [6, 6.07) is 11.3. The zero-order valence-corrected chi connectivity index (χ0v) is 21.2. The van der Waals surface area contributed by atoms with Crippen molar-refractivity contribution in [1.82, 2.24) is 0 Å². The van der Waals surface area contributed by atoms with Gasteiger partial charge in [0.15, 0.2) is 12.1 Å². The average Bonchev–Trinajstić information content (AvgIpc) is 2.95. The Hall–Kier alpha value is -2.49. The number of aliphatic hydroxyl groups excluding tert-OH is 7. The summed E-state index contributed by atoms with van der Waals surface area (Å²) in [5.74, 6) is 0.335. The molecular formula is C27H34O12. The lowest BCUT2D eigenvalue weighted by molar-refractivity contribution is -0.341. The Labute approximate surface area is 224 Å². The van der Waals surface area contributed by atoms with Gasteiger partial charge in [0, 0.05) is 6.42 Å². The normalized spacial score (nSPS) is 35.4. The second-order valence-corrected chi connectivity index (χ2v) is 9.65.